The second-order valence-corrected chi connectivity index (χ2v) is 3.37. The van der Waals surface area contributed by atoms with Gasteiger partial charge in [0.1, 0.15) is 0 Å². The lowest BCUT2D eigenvalue weighted by Crippen LogP contribution is -2.23. The normalized spacial score (nSPS) is 9.69. The Bertz CT molecular complexity index is 285. The quantitative estimate of drug-likeness (QED) is 0.808. The van der Waals surface area contributed by atoms with Gasteiger partial charge in [0.25, 0.3) is 0 Å². The number of aromatic nitrogens is 1. The smallest absolute Gasteiger partial charge is 0.407 e. The maximum Gasteiger partial charge on any atom is 0.407 e. The number of nitrogens with zero attached hydrogens (tertiary/aromatic N) is 1. The van der Waals surface area contributed by atoms with Crippen LogP contribution in [0.3, 0.4) is 0 Å². The summed E-state index contributed by atoms with van der Waals surface area (Å²) < 4.78 is 4.71. The zero-order chi connectivity index (χ0) is 9.68. The van der Waals surface area contributed by atoms with Crippen molar-refractivity contribution in [1.82, 2.24) is 10.3 Å². The number of ether oxygens (including phenoxy) is 1. The molecule has 1 aromatic rings. The topological polar surface area (TPSA) is 51.2 Å². The molecule has 5 heteroatoms. The van der Waals surface area contributed by atoms with E-state index in [9.17, 15) is 4.79 Å². The number of aryl methyl sites for hydroxylation is 1. The molecule has 0 aromatic carbocycles. The Hall–Kier alpha value is -1.10. The van der Waals surface area contributed by atoms with Gasteiger partial charge in [0.15, 0.2) is 0 Å². The molecule has 72 valence electrons. The minimum absolute atomic E-state index is 0.379. The lowest BCUT2D eigenvalue weighted by molar-refractivity contribution is 0.152. The lowest BCUT2D eigenvalue weighted by Gasteiger charge is -2.03. The van der Waals surface area contributed by atoms with Gasteiger partial charge < -0.3 is 10.1 Å². The van der Waals surface area contributed by atoms with Crippen LogP contribution in [0.4, 0.5) is 4.79 Å². The fourth-order valence-electron chi connectivity index (χ4n) is 0.830. The first-order chi connectivity index (χ1) is 6.24. The molecule has 1 N–H and O–H groups in total. The number of amides is 1. The molecule has 0 spiro atoms. The van der Waals surface area contributed by atoms with Gasteiger partial charge >= 0.3 is 6.09 Å². The molecule has 0 radical (unpaired) electrons. The molecule has 13 heavy (non-hydrogen) atoms. The van der Waals surface area contributed by atoms with E-state index >= 15 is 0 Å². The average molecular weight is 200 g/mol. The van der Waals surface area contributed by atoms with Gasteiger partial charge in [0, 0.05) is 4.88 Å². The van der Waals surface area contributed by atoms with Crippen LogP contribution >= 0.6 is 11.3 Å². The molecule has 0 unspecified atom stereocenters. The number of alkyl carbamates (subject to hydrolysis) is 1. The number of thiazole rings is 1. The third-order valence-electron chi connectivity index (χ3n) is 1.51. The third kappa shape index (κ3) is 3.02. The van der Waals surface area contributed by atoms with Crippen molar-refractivity contribution < 1.29 is 9.53 Å². The number of nitrogens with one attached hydrogen (secondary N) is 1. The molecule has 0 bridgehead atoms. The van der Waals surface area contributed by atoms with Crippen molar-refractivity contribution in [2.24, 2.45) is 0 Å². The summed E-state index contributed by atoms with van der Waals surface area (Å²) in [4.78, 5) is 16.0. The molecule has 0 fully saturated rings. The predicted octanol–water partition coefficient (Wildman–Crippen LogP) is 1.70. The first-order valence-electron chi connectivity index (χ1n) is 4.03. The van der Waals surface area contributed by atoms with Gasteiger partial charge in [-0.3, -0.25) is 0 Å². The van der Waals surface area contributed by atoms with Crippen LogP contribution in [-0.4, -0.2) is 17.7 Å². The molecule has 0 atom stereocenters. The lowest BCUT2D eigenvalue weighted by atomic mass is 10.4. The maximum atomic E-state index is 10.9. The van der Waals surface area contributed by atoms with Crippen LogP contribution in [0.1, 0.15) is 17.5 Å². The Morgan fingerprint density at radius 3 is 3.08 bits per heavy atom. The number of rotatable bonds is 3. The summed E-state index contributed by atoms with van der Waals surface area (Å²) in [5, 5.41) is 2.64. The van der Waals surface area contributed by atoms with Gasteiger partial charge in [0.2, 0.25) is 0 Å². The molecule has 4 nitrogen and oxygen atoms in total. The van der Waals surface area contributed by atoms with Crippen molar-refractivity contribution in [1.29, 1.82) is 0 Å². The predicted molar refractivity (Wildman–Crippen MR) is 50.7 cm³/mol. The van der Waals surface area contributed by atoms with Crippen molar-refractivity contribution in [2.45, 2.75) is 20.4 Å². The molecule has 0 aliphatic rings. The van der Waals surface area contributed by atoms with Crippen LogP contribution in [0.2, 0.25) is 0 Å². The molecule has 0 saturated carbocycles. The van der Waals surface area contributed by atoms with Gasteiger partial charge in [-0.25, -0.2) is 9.78 Å². The summed E-state index contributed by atoms with van der Waals surface area (Å²) in [6, 6.07) is 0. The highest BCUT2D eigenvalue weighted by Crippen LogP contribution is 2.10. The number of carbonyl (C=O) groups excluding carboxylic acids is 1. The summed E-state index contributed by atoms with van der Waals surface area (Å²) in [5.74, 6) is 0. The van der Waals surface area contributed by atoms with Crippen molar-refractivity contribution >= 4 is 17.4 Å². The van der Waals surface area contributed by atoms with Crippen LogP contribution < -0.4 is 5.32 Å². The van der Waals surface area contributed by atoms with Crippen LogP contribution in [0.5, 0.6) is 0 Å². The fourth-order valence-corrected chi connectivity index (χ4v) is 1.55. The van der Waals surface area contributed by atoms with Crippen molar-refractivity contribution in [3.63, 3.8) is 0 Å². The highest BCUT2D eigenvalue weighted by molar-refractivity contribution is 7.09. The first-order valence-corrected chi connectivity index (χ1v) is 4.91. The number of hydrogen-bond donors (Lipinski definition) is 1. The molecule has 1 aromatic heterocycles. The Balaban J connectivity index is 2.35. The summed E-state index contributed by atoms with van der Waals surface area (Å²) in [6.45, 7) is 4.58. The highest BCUT2D eigenvalue weighted by atomic mass is 32.1. The molecule has 1 rings (SSSR count). The molecule has 0 aliphatic heterocycles. The number of carbonyl (C=O) groups is 1. The standard InChI is InChI=1S/C8H12N2O2S/c1-3-12-8(11)9-4-7-6(2)10-5-13-7/h5H,3-4H2,1-2H3,(H,9,11). The Morgan fingerprint density at radius 1 is 1.77 bits per heavy atom. The van der Waals surface area contributed by atoms with E-state index in [0.29, 0.717) is 13.2 Å². The summed E-state index contributed by atoms with van der Waals surface area (Å²) in [5.41, 5.74) is 2.72. The Kier molecular flexibility index (Phi) is 3.70. The summed E-state index contributed by atoms with van der Waals surface area (Å²) in [7, 11) is 0. The fraction of sp³-hybridized carbons (Fsp3) is 0.500. The zero-order valence-electron chi connectivity index (χ0n) is 7.66. The van der Waals surface area contributed by atoms with Crippen molar-refractivity contribution in [2.75, 3.05) is 6.61 Å². The molecule has 0 saturated heterocycles. The van der Waals surface area contributed by atoms with Gasteiger partial charge in [-0.15, -0.1) is 11.3 Å². The van der Waals surface area contributed by atoms with E-state index in [4.69, 9.17) is 4.74 Å². The monoisotopic (exact) mass is 200 g/mol. The zero-order valence-corrected chi connectivity index (χ0v) is 8.48. The van der Waals surface area contributed by atoms with E-state index in [0.717, 1.165) is 10.6 Å². The Labute approximate surface area is 80.9 Å². The third-order valence-corrected chi connectivity index (χ3v) is 2.45. The minimum Gasteiger partial charge on any atom is -0.450 e. The van der Waals surface area contributed by atoms with E-state index < -0.39 is 0 Å². The van der Waals surface area contributed by atoms with E-state index in [2.05, 4.69) is 10.3 Å². The first kappa shape index (κ1) is 9.98. The van der Waals surface area contributed by atoms with Crippen molar-refractivity contribution in [3.8, 4) is 0 Å². The second kappa shape index (κ2) is 4.81. The molecule has 1 amide bonds. The SMILES string of the molecule is CCOC(=O)NCc1scnc1C. The van der Waals surface area contributed by atoms with Crippen LogP contribution in [-0.2, 0) is 11.3 Å². The molecule has 0 aliphatic carbocycles. The van der Waals surface area contributed by atoms with E-state index in [1.165, 1.54) is 11.3 Å². The number of hydrogen-bond acceptors (Lipinski definition) is 4. The summed E-state index contributed by atoms with van der Waals surface area (Å²) >= 11 is 1.53. The van der Waals surface area contributed by atoms with Crippen LogP contribution in [0.25, 0.3) is 0 Å². The van der Waals surface area contributed by atoms with E-state index in [1.54, 1.807) is 12.4 Å². The van der Waals surface area contributed by atoms with Gasteiger partial charge in [0.05, 0.1) is 24.4 Å². The van der Waals surface area contributed by atoms with Gasteiger partial charge in [-0.1, -0.05) is 0 Å². The van der Waals surface area contributed by atoms with E-state index in [1.807, 2.05) is 6.92 Å². The van der Waals surface area contributed by atoms with Crippen molar-refractivity contribution in [3.05, 3.63) is 16.1 Å². The molecule has 1 heterocycles. The molecular formula is C8H12N2O2S. The highest BCUT2D eigenvalue weighted by Gasteiger charge is 2.03. The largest absolute Gasteiger partial charge is 0.450 e. The van der Waals surface area contributed by atoms with E-state index in [-0.39, 0.29) is 6.09 Å². The van der Waals surface area contributed by atoms with Gasteiger partial charge in [-0.2, -0.15) is 0 Å². The Morgan fingerprint density at radius 2 is 2.54 bits per heavy atom. The summed E-state index contributed by atoms with van der Waals surface area (Å²) in [6.07, 6.45) is -0.379. The maximum absolute atomic E-state index is 10.9. The van der Waals surface area contributed by atoms with Crippen LogP contribution in [0.15, 0.2) is 5.51 Å². The van der Waals surface area contributed by atoms with Crippen LogP contribution in [0, 0.1) is 6.92 Å². The van der Waals surface area contributed by atoms with Gasteiger partial charge in [-0.05, 0) is 13.8 Å². The average Bonchev–Trinajstić information content (AvgIpc) is 2.48. The molecular weight excluding hydrogens is 188 g/mol. The second-order valence-electron chi connectivity index (χ2n) is 2.43. The minimum atomic E-state index is -0.379.